The lowest BCUT2D eigenvalue weighted by Crippen LogP contribution is -2.26. The zero-order valence-electron chi connectivity index (χ0n) is 10.3. The first-order chi connectivity index (χ1) is 9.08. The standard InChI is InChI=1S/C12H13BrN4OS/c1-17-7-15-16-11(17)4-5-14-12(18)9-6-8(19)2-3-10(9)13/h2-3,6-7,19H,4-5H2,1H3,(H,14,18). The summed E-state index contributed by atoms with van der Waals surface area (Å²) in [5.41, 5.74) is 0.575. The number of aromatic nitrogens is 3. The number of carbonyl (C=O) groups is 1. The third-order valence-electron chi connectivity index (χ3n) is 2.63. The van der Waals surface area contributed by atoms with E-state index in [9.17, 15) is 4.79 Å². The highest BCUT2D eigenvalue weighted by molar-refractivity contribution is 9.10. The van der Waals surface area contributed by atoms with Crippen molar-refractivity contribution in [1.29, 1.82) is 0 Å². The van der Waals surface area contributed by atoms with E-state index in [1.165, 1.54) is 0 Å². The van der Waals surface area contributed by atoms with Crippen LogP contribution in [0.1, 0.15) is 16.2 Å². The summed E-state index contributed by atoms with van der Waals surface area (Å²) in [7, 11) is 1.87. The van der Waals surface area contributed by atoms with E-state index in [0.717, 1.165) is 15.2 Å². The van der Waals surface area contributed by atoms with E-state index in [0.29, 0.717) is 18.5 Å². The van der Waals surface area contributed by atoms with E-state index in [-0.39, 0.29) is 5.91 Å². The van der Waals surface area contributed by atoms with Crippen LogP contribution >= 0.6 is 28.6 Å². The van der Waals surface area contributed by atoms with Gasteiger partial charge in [0.05, 0.1) is 5.56 Å². The predicted molar refractivity (Wildman–Crippen MR) is 78.4 cm³/mol. The summed E-state index contributed by atoms with van der Waals surface area (Å²) in [6, 6.07) is 5.36. The van der Waals surface area contributed by atoms with Crippen molar-refractivity contribution in [2.75, 3.05) is 6.54 Å². The topological polar surface area (TPSA) is 59.8 Å². The molecule has 0 unspecified atom stereocenters. The average Bonchev–Trinajstić information content (AvgIpc) is 2.78. The molecule has 1 N–H and O–H groups in total. The minimum atomic E-state index is -0.134. The number of aryl methyl sites for hydroxylation is 1. The number of amides is 1. The van der Waals surface area contributed by atoms with Crippen LogP contribution in [0.15, 0.2) is 33.9 Å². The molecule has 19 heavy (non-hydrogen) atoms. The Labute approximate surface area is 125 Å². The molecule has 0 aliphatic carbocycles. The largest absolute Gasteiger partial charge is 0.352 e. The van der Waals surface area contributed by atoms with Gasteiger partial charge in [-0.3, -0.25) is 4.79 Å². The first-order valence-corrected chi connectivity index (χ1v) is 6.91. The number of thiol groups is 1. The highest BCUT2D eigenvalue weighted by Gasteiger charge is 2.10. The van der Waals surface area contributed by atoms with Crippen LogP contribution in [0.3, 0.4) is 0 Å². The van der Waals surface area contributed by atoms with Crippen molar-refractivity contribution in [3.8, 4) is 0 Å². The lowest BCUT2D eigenvalue weighted by Gasteiger charge is -2.07. The lowest BCUT2D eigenvalue weighted by molar-refractivity contribution is 0.0953. The van der Waals surface area contributed by atoms with Crippen LogP contribution in [-0.4, -0.2) is 27.2 Å². The molecule has 1 aromatic carbocycles. The lowest BCUT2D eigenvalue weighted by atomic mass is 10.2. The Hall–Kier alpha value is -1.34. The van der Waals surface area contributed by atoms with Gasteiger partial charge < -0.3 is 9.88 Å². The molecule has 1 amide bonds. The van der Waals surface area contributed by atoms with Crippen molar-refractivity contribution in [1.82, 2.24) is 20.1 Å². The van der Waals surface area contributed by atoms with Crippen LogP contribution in [0.2, 0.25) is 0 Å². The smallest absolute Gasteiger partial charge is 0.252 e. The number of carbonyl (C=O) groups excluding carboxylic acids is 1. The number of halogens is 1. The van der Waals surface area contributed by atoms with E-state index in [1.807, 2.05) is 17.7 Å². The average molecular weight is 341 g/mol. The van der Waals surface area contributed by atoms with Gasteiger partial charge in [-0.2, -0.15) is 0 Å². The predicted octanol–water partition coefficient (Wildman–Crippen LogP) is 1.84. The Morgan fingerprint density at radius 3 is 3.00 bits per heavy atom. The molecule has 0 atom stereocenters. The van der Waals surface area contributed by atoms with Gasteiger partial charge in [0, 0.05) is 29.4 Å². The van der Waals surface area contributed by atoms with Crippen molar-refractivity contribution in [2.24, 2.45) is 7.05 Å². The molecule has 0 saturated carbocycles. The summed E-state index contributed by atoms with van der Waals surface area (Å²) < 4.78 is 2.58. The second-order valence-corrected chi connectivity index (χ2v) is 5.40. The molecular formula is C12H13BrN4OS. The summed E-state index contributed by atoms with van der Waals surface area (Å²) in [6.45, 7) is 0.509. The van der Waals surface area contributed by atoms with E-state index in [2.05, 4.69) is 44.1 Å². The summed E-state index contributed by atoms with van der Waals surface area (Å²) in [6.07, 6.45) is 2.28. The zero-order chi connectivity index (χ0) is 13.8. The molecule has 1 heterocycles. The third kappa shape index (κ3) is 3.57. The monoisotopic (exact) mass is 340 g/mol. The van der Waals surface area contributed by atoms with Crippen LogP contribution in [0.4, 0.5) is 0 Å². The molecule has 0 radical (unpaired) electrons. The molecule has 100 valence electrons. The second kappa shape index (κ2) is 6.21. The summed E-state index contributed by atoms with van der Waals surface area (Å²) in [4.78, 5) is 12.8. The molecule has 0 spiro atoms. The van der Waals surface area contributed by atoms with Crippen molar-refractivity contribution in [3.63, 3.8) is 0 Å². The van der Waals surface area contributed by atoms with Crippen molar-refractivity contribution >= 4 is 34.5 Å². The Morgan fingerprint density at radius 1 is 1.53 bits per heavy atom. The first-order valence-electron chi connectivity index (χ1n) is 5.67. The Bertz CT molecular complexity index is 599. The maximum Gasteiger partial charge on any atom is 0.252 e. The number of nitrogens with zero attached hydrogens (tertiary/aromatic N) is 3. The molecular weight excluding hydrogens is 328 g/mol. The van der Waals surface area contributed by atoms with E-state index < -0.39 is 0 Å². The van der Waals surface area contributed by atoms with Crippen LogP contribution in [0.5, 0.6) is 0 Å². The van der Waals surface area contributed by atoms with Crippen molar-refractivity contribution in [3.05, 3.63) is 40.4 Å². The van der Waals surface area contributed by atoms with E-state index in [1.54, 1.807) is 18.5 Å². The van der Waals surface area contributed by atoms with Crippen LogP contribution in [-0.2, 0) is 13.5 Å². The third-order valence-corrected chi connectivity index (χ3v) is 3.60. The Kier molecular flexibility index (Phi) is 4.60. The molecule has 0 aliphatic rings. The van der Waals surface area contributed by atoms with Gasteiger partial charge in [0.1, 0.15) is 12.2 Å². The molecule has 7 heteroatoms. The van der Waals surface area contributed by atoms with Crippen molar-refractivity contribution < 1.29 is 4.79 Å². The minimum Gasteiger partial charge on any atom is -0.352 e. The number of hydrogen-bond donors (Lipinski definition) is 2. The number of hydrogen-bond acceptors (Lipinski definition) is 4. The molecule has 0 aliphatic heterocycles. The Balaban J connectivity index is 1.94. The highest BCUT2D eigenvalue weighted by Crippen LogP contribution is 2.20. The zero-order valence-corrected chi connectivity index (χ0v) is 12.8. The molecule has 0 bridgehead atoms. The number of rotatable bonds is 4. The summed E-state index contributed by atoms with van der Waals surface area (Å²) >= 11 is 7.58. The highest BCUT2D eigenvalue weighted by atomic mass is 79.9. The SMILES string of the molecule is Cn1cnnc1CCNC(=O)c1cc(S)ccc1Br. The van der Waals surface area contributed by atoms with Gasteiger partial charge in [0.15, 0.2) is 0 Å². The molecule has 1 aromatic heterocycles. The fourth-order valence-electron chi connectivity index (χ4n) is 1.60. The van der Waals surface area contributed by atoms with Gasteiger partial charge in [-0.25, -0.2) is 0 Å². The molecule has 5 nitrogen and oxygen atoms in total. The number of nitrogens with one attached hydrogen (secondary N) is 1. The van der Waals surface area contributed by atoms with Crippen LogP contribution in [0.25, 0.3) is 0 Å². The normalized spacial score (nSPS) is 10.5. The molecule has 0 fully saturated rings. The van der Waals surface area contributed by atoms with Gasteiger partial charge in [-0.15, -0.1) is 22.8 Å². The summed E-state index contributed by atoms with van der Waals surface area (Å²) in [5.74, 6) is 0.701. The fourth-order valence-corrected chi connectivity index (χ4v) is 2.23. The fraction of sp³-hybridized carbons (Fsp3) is 0.250. The molecule has 0 saturated heterocycles. The van der Waals surface area contributed by atoms with Crippen LogP contribution < -0.4 is 5.32 Å². The van der Waals surface area contributed by atoms with Crippen molar-refractivity contribution in [2.45, 2.75) is 11.3 Å². The summed E-state index contributed by atoms with van der Waals surface area (Å²) in [5, 5.41) is 10.6. The van der Waals surface area contributed by atoms with Gasteiger partial charge in [-0.1, -0.05) is 0 Å². The van der Waals surface area contributed by atoms with Gasteiger partial charge >= 0.3 is 0 Å². The quantitative estimate of drug-likeness (QED) is 0.835. The molecule has 2 aromatic rings. The molecule has 2 rings (SSSR count). The van der Waals surface area contributed by atoms with E-state index in [4.69, 9.17) is 0 Å². The number of benzene rings is 1. The Morgan fingerprint density at radius 2 is 2.32 bits per heavy atom. The maximum absolute atomic E-state index is 12.0. The maximum atomic E-state index is 12.0. The van der Waals surface area contributed by atoms with Gasteiger partial charge in [0.2, 0.25) is 0 Å². The van der Waals surface area contributed by atoms with Gasteiger partial charge in [-0.05, 0) is 34.1 Å². The first kappa shape index (κ1) is 14.1. The van der Waals surface area contributed by atoms with Gasteiger partial charge in [0.25, 0.3) is 5.91 Å². The van der Waals surface area contributed by atoms with E-state index >= 15 is 0 Å². The minimum absolute atomic E-state index is 0.134. The second-order valence-electron chi connectivity index (χ2n) is 4.03. The van der Waals surface area contributed by atoms with Crippen LogP contribution in [0, 0.1) is 0 Å².